The summed E-state index contributed by atoms with van der Waals surface area (Å²) >= 11 is 3.10. The maximum Gasteiger partial charge on any atom is 0.227 e. The van der Waals surface area contributed by atoms with Gasteiger partial charge in [-0.1, -0.05) is 12.8 Å². The number of pyridine rings is 1. The molecule has 1 aromatic heterocycles. The number of rotatable bonds is 1. The van der Waals surface area contributed by atoms with E-state index in [4.69, 9.17) is 0 Å². The minimum absolute atomic E-state index is 0.385. The van der Waals surface area contributed by atoms with Gasteiger partial charge in [0, 0.05) is 11.6 Å². The van der Waals surface area contributed by atoms with E-state index in [-0.39, 0.29) is 5.95 Å². The van der Waals surface area contributed by atoms with Crippen LogP contribution < -0.4 is 0 Å². The molecule has 0 amide bonds. The minimum Gasteiger partial charge on any atom is -0.224 e. The molecule has 0 saturated heterocycles. The van der Waals surface area contributed by atoms with Gasteiger partial charge in [0.15, 0.2) is 0 Å². The lowest BCUT2D eigenvalue weighted by molar-refractivity contribution is 0.557. The average molecular weight is 244 g/mol. The Bertz CT molecular complexity index is 308. The molecule has 0 aromatic carbocycles. The van der Waals surface area contributed by atoms with Crippen molar-refractivity contribution in [1.29, 1.82) is 0 Å². The van der Waals surface area contributed by atoms with Gasteiger partial charge in [-0.3, -0.25) is 0 Å². The quantitative estimate of drug-likeness (QED) is 0.687. The molecule has 0 unspecified atom stereocenters. The molecule has 70 valence electrons. The molecule has 13 heavy (non-hydrogen) atoms. The van der Waals surface area contributed by atoms with E-state index >= 15 is 0 Å². The first kappa shape index (κ1) is 9.13. The smallest absolute Gasteiger partial charge is 0.224 e. The van der Waals surface area contributed by atoms with Gasteiger partial charge in [-0.15, -0.1) is 0 Å². The van der Waals surface area contributed by atoms with Gasteiger partial charge in [0.05, 0.1) is 4.47 Å². The van der Waals surface area contributed by atoms with Gasteiger partial charge in [-0.2, -0.15) is 4.39 Å². The van der Waals surface area contributed by atoms with Crippen molar-refractivity contribution in [3.8, 4) is 0 Å². The second-order valence-corrected chi connectivity index (χ2v) is 4.34. The van der Waals surface area contributed by atoms with Crippen molar-refractivity contribution in [1.82, 2.24) is 4.98 Å². The summed E-state index contributed by atoms with van der Waals surface area (Å²) in [7, 11) is 0. The van der Waals surface area contributed by atoms with Gasteiger partial charge in [-0.05, 0) is 40.9 Å². The summed E-state index contributed by atoms with van der Waals surface area (Å²) in [5, 5.41) is 0. The number of aromatic nitrogens is 1. The Morgan fingerprint density at radius 3 is 2.62 bits per heavy atom. The number of hydrogen-bond acceptors (Lipinski definition) is 1. The van der Waals surface area contributed by atoms with Gasteiger partial charge in [-0.25, -0.2) is 4.98 Å². The lowest BCUT2D eigenvalue weighted by Gasteiger charge is -2.07. The van der Waals surface area contributed by atoms with Crippen molar-refractivity contribution in [3.05, 3.63) is 28.2 Å². The highest BCUT2D eigenvalue weighted by molar-refractivity contribution is 9.10. The zero-order valence-corrected chi connectivity index (χ0v) is 8.85. The van der Waals surface area contributed by atoms with Crippen molar-refractivity contribution in [3.63, 3.8) is 0 Å². The van der Waals surface area contributed by atoms with E-state index in [1.54, 1.807) is 6.07 Å². The van der Waals surface area contributed by atoms with Crippen molar-refractivity contribution in [2.75, 3.05) is 0 Å². The molecular weight excluding hydrogens is 233 g/mol. The Morgan fingerprint density at radius 1 is 1.31 bits per heavy atom. The maximum absolute atomic E-state index is 13.1. The Labute approximate surface area is 85.5 Å². The van der Waals surface area contributed by atoms with E-state index in [0.29, 0.717) is 10.4 Å². The molecule has 0 spiro atoms. The Balaban J connectivity index is 2.25. The summed E-state index contributed by atoms with van der Waals surface area (Å²) in [6.45, 7) is 0. The predicted octanol–water partition coefficient (Wildman–Crippen LogP) is 3.64. The highest BCUT2D eigenvalue weighted by atomic mass is 79.9. The molecule has 1 fully saturated rings. The fraction of sp³-hybridized carbons (Fsp3) is 0.500. The van der Waals surface area contributed by atoms with Gasteiger partial charge < -0.3 is 0 Å². The first-order valence-electron chi connectivity index (χ1n) is 4.59. The van der Waals surface area contributed by atoms with Crippen LogP contribution in [0.15, 0.2) is 16.6 Å². The number of halogens is 2. The number of nitrogens with zero attached hydrogens (tertiary/aromatic N) is 1. The molecule has 0 N–H and O–H groups in total. The Morgan fingerprint density at radius 2 is 2.00 bits per heavy atom. The van der Waals surface area contributed by atoms with Crippen molar-refractivity contribution >= 4 is 15.9 Å². The molecule has 0 atom stereocenters. The van der Waals surface area contributed by atoms with Crippen LogP contribution >= 0.6 is 15.9 Å². The normalized spacial score (nSPS) is 18.0. The van der Waals surface area contributed by atoms with E-state index in [9.17, 15) is 4.39 Å². The fourth-order valence-electron chi connectivity index (χ4n) is 1.88. The Hall–Kier alpha value is -0.440. The topological polar surface area (TPSA) is 12.9 Å². The summed E-state index contributed by atoms with van der Waals surface area (Å²) in [5.74, 6) is 0.104. The molecule has 1 aliphatic rings. The number of hydrogen-bond donors (Lipinski definition) is 0. The second kappa shape index (κ2) is 3.74. The molecule has 1 aromatic rings. The third-order valence-corrected chi connectivity index (χ3v) is 3.19. The zero-order chi connectivity index (χ0) is 9.26. The fourth-order valence-corrected chi connectivity index (χ4v) is 2.10. The minimum atomic E-state index is -0.385. The summed E-state index contributed by atoms with van der Waals surface area (Å²) in [6.07, 6.45) is 4.83. The molecule has 1 saturated carbocycles. The molecule has 2 rings (SSSR count). The van der Waals surface area contributed by atoms with E-state index in [2.05, 4.69) is 20.9 Å². The van der Waals surface area contributed by atoms with Gasteiger partial charge in [0.1, 0.15) is 0 Å². The molecule has 0 aliphatic heterocycles. The van der Waals surface area contributed by atoms with Crippen LogP contribution in [0.5, 0.6) is 0 Å². The highest BCUT2D eigenvalue weighted by Gasteiger charge is 2.18. The molecule has 3 heteroatoms. The van der Waals surface area contributed by atoms with Crippen molar-refractivity contribution < 1.29 is 4.39 Å². The van der Waals surface area contributed by atoms with Crippen LogP contribution in [0.3, 0.4) is 0 Å². The van der Waals surface area contributed by atoms with Crippen LogP contribution in [-0.4, -0.2) is 4.98 Å². The monoisotopic (exact) mass is 243 g/mol. The van der Waals surface area contributed by atoms with Gasteiger partial charge in [0.25, 0.3) is 0 Å². The first-order valence-corrected chi connectivity index (χ1v) is 5.38. The van der Waals surface area contributed by atoms with Crippen molar-refractivity contribution in [2.45, 2.75) is 31.6 Å². The van der Waals surface area contributed by atoms with Crippen LogP contribution in [0.2, 0.25) is 0 Å². The Kier molecular flexibility index (Phi) is 2.63. The van der Waals surface area contributed by atoms with Crippen LogP contribution in [0.25, 0.3) is 0 Å². The lowest BCUT2D eigenvalue weighted by atomic mass is 10.0. The van der Waals surface area contributed by atoms with E-state index < -0.39 is 0 Å². The van der Waals surface area contributed by atoms with Crippen LogP contribution in [0, 0.1) is 5.95 Å². The van der Waals surface area contributed by atoms with Crippen molar-refractivity contribution in [2.24, 2.45) is 0 Å². The SMILES string of the molecule is Fc1nc(C2CCCC2)ccc1Br. The lowest BCUT2D eigenvalue weighted by Crippen LogP contribution is -1.98. The molecule has 1 aliphatic carbocycles. The van der Waals surface area contributed by atoms with E-state index in [1.807, 2.05) is 6.07 Å². The predicted molar refractivity (Wildman–Crippen MR) is 53.1 cm³/mol. The molecule has 0 bridgehead atoms. The van der Waals surface area contributed by atoms with Gasteiger partial charge in [0.2, 0.25) is 5.95 Å². The first-order chi connectivity index (χ1) is 6.27. The molecule has 0 radical (unpaired) electrons. The molecular formula is C10H11BrFN. The van der Waals surface area contributed by atoms with Crippen LogP contribution in [-0.2, 0) is 0 Å². The summed E-state index contributed by atoms with van der Waals surface area (Å²) < 4.78 is 13.5. The summed E-state index contributed by atoms with van der Waals surface area (Å²) in [4.78, 5) is 3.94. The molecule has 1 heterocycles. The van der Waals surface area contributed by atoms with E-state index in [1.165, 1.54) is 12.8 Å². The average Bonchev–Trinajstić information content (AvgIpc) is 2.62. The third kappa shape index (κ3) is 1.90. The van der Waals surface area contributed by atoms with E-state index in [0.717, 1.165) is 18.5 Å². The molecule has 1 nitrogen and oxygen atoms in total. The largest absolute Gasteiger partial charge is 0.227 e. The van der Waals surface area contributed by atoms with Crippen LogP contribution in [0.1, 0.15) is 37.3 Å². The second-order valence-electron chi connectivity index (χ2n) is 3.49. The maximum atomic E-state index is 13.1. The highest BCUT2D eigenvalue weighted by Crippen LogP contribution is 2.33. The standard InChI is InChI=1S/C10H11BrFN/c11-8-5-6-9(13-10(8)12)7-3-1-2-4-7/h5-7H,1-4H2. The zero-order valence-electron chi connectivity index (χ0n) is 7.26. The summed E-state index contributed by atoms with van der Waals surface area (Å²) in [5.41, 5.74) is 0.915. The summed E-state index contributed by atoms with van der Waals surface area (Å²) in [6, 6.07) is 3.67. The third-order valence-electron chi connectivity index (χ3n) is 2.60. The van der Waals surface area contributed by atoms with Crippen LogP contribution in [0.4, 0.5) is 4.39 Å². The van der Waals surface area contributed by atoms with Gasteiger partial charge >= 0.3 is 0 Å².